The van der Waals surface area contributed by atoms with Gasteiger partial charge < -0.3 is 9.84 Å². The molecule has 1 N–H and O–H groups in total. The topological polar surface area (TPSA) is 42.4 Å². The number of pyridine rings is 1. The molecule has 0 radical (unpaired) electrons. The van der Waals surface area contributed by atoms with Crippen molar-refractivity contribution in [1.82, 2.24) is 4.98 Å². The van der Waals surface area contributed by atoms with Gasteiger partial charge in [0.1, 0.15) is 23.5 Å². The number of hydrogen-bond acceptors (Lipinski definition) is 3. The predicted molar refractivity (Wildman–Crippen MR) is 75.7 cm³/mol. The highest BCUT2D eigenvalue weighted by molar-refractivity contribution is 6.22. The Labute approximate surface area is 117 Å². The van der Waals surface area contributed by atoms with E-state index in [4.69, 9.17) is 16.3 Å². The molecule has 1 atom stereocenters. The van der Waals surface area contributed by atoms with Gasteiger partial charge in [-0.2, -0.15) is 0 Å². The summed E-state index contributed by atoms with van der Waals surface area (Å²) in [6, 6.07) is 8.76. The summed E-state index contributed by atoms with van der Waals surface area (Å²) in [7, 11) is 0. The third-order valence-electron chi connectivity index (χ3n) is 2.82. The summed E-state index contributed by atoms with van der Waals surface area (Å²) in [6.07, 6.45) is 1.72. The van der Waals surface area contributed by atoms with Crippen LogP contribution in [0, 0.1) is 0 Å². The summed E-state index contributed by atoms with van der Waals surface area (Å²) >= 11 is 6.41. The highest BCUT2D eigenvalue weighted by Crippen LogP contribution is 2.40. The first kappa shape index (κ1) is 13.7. The van der Waals surface area contributed by atoms with Gasteiger partial charge in [0.2, 0.25) is 0 Å². The van der Waals surface area contributed by atoms with Crippen molar-refractivity contribution >= 4 is 11.6 Å². The number of rotatable bonds is 0. The van der Waals surface area contributed by atoms with E-state index in [1.165, 1.54) is 0 Å². The molecule has 19 heavy (non-hydrogen) atoms. The molecule has 1 aliphatic heterocycles. The minimum absolute atomic E-state index is 0.173. The van der Waals surface area contributed by atoms with Gasteiger partial charge >= 0.3 is 0 Å². The zero-order valence-electron chi connectivity index (χ0n) is 10.9. The average Bonchev–Trinajstić information content (AvgIpc) is 2.59. The molecule has 1 aliphatic rings. The van der Waals surface area contributed by atoms with Gasteiger partial charge in [-0.05, 0) is 18.2 Å². The van der Waals surface area contributed by atoms with Gasteiger partial charge in [-0.3, -0.25) is 4.98 Å². The largest absolute Gasteiger partial charge is 0.508 e. The third-order valence-corrected chi connectivity index (χ3v) is 3.26. The van der Waals surface area contributed by atoms with Crippen LogP contribution in [-0.4, -0.2) is 10.1 Å². The van der Waals surface area contributed by atoms with Crippen molar-refractivity contribution < 1.29 is 9.84 Å². The molecule has 0 spiro atoms. The van der Waals surface area contributed by atoms with Crippen LogP contribution in [0.3, 0.4) is 0 Å². The minimum Gasteiger partial charge on any atom is -0.508 e. The molecule has 0 saturated carbocycles. The zero-order valence-corrected chi connectivity index (χ0v) is 11.7. The van der Waals surface area contributed by atoms with E-state index in [9.17, 15) is 5.11 Å². The van der Waals surface area contributed by atoms with Gasteiger partial charge in [-0.1, -0.05) is 19.9 Å². The van der Waals surface area contributed by atoms with Gasteiger partial charge in [-0.15, -0.1) is 11.6 Å². The van der Waals surface area contributed by atoms with Crippen LogP contribution in [0.1, 0.15) is 36.0 Å². The summed E-state index contributed by atoms with van der Waals surface area (Å²) < 4.78 is 5.64. The maximum atomic E-state index is 9.44. The monoisotopic (exact) mass is 277 g/mol. The van der Waals surface area contributed by atoms with E-state index < -0.39 is 0 Å². The molecule has 2 aromatic rings. The van der Waals surface area contributed by atoms with Gasteiger partial charge in [0, 0.05) is 23.4 Å². The molecule has 4 heteroatoms. The standard InChI is InChI=1S/C13H10ClNO2.C2H6/c14-12-10-4-3-9(16)6-11(10)17-7-8-2-1-5-15-13(8)12;1-2/h1-6,12,16H,7H2;1-2H3. The lowest BCUT2D eigenvalue weighted by molar-refractivity contribution is 0.305. The first-order valence-corrected chi connectivity index (χ1v) is 6.73. The minimum atomic E-state index is -0.343. The van der Waals surface area contributed by atoms with Gasteiger partial charge in [0.05, 0.1) is 5.69 Å². The molecule has 1 unspecified atom stereocenters. The lowest BCUT2D eigenvalue weighted by atomic mass is 10.1. The second-order valence-corrected chi connectivity index (χ2v) is 4.36. The summed E-state index contributed by atoms with van der Waals surface area (Å²) in [5.74, 6) is 0.787. The molecule has 1 aromatic heterocycles. The van der Waals surface area contributed by atoms with E-state index >= 15 is 0 Å². The van der Waals surface area contributed by atoms with Crippen LogP contribution in [0.25, 0.3) is 0 Å². The van der Waals surface area contributed by atoms with E-state index in [-0.39, 0.29) is 11.1 Å². The number of benzene rings is 1. The second-order valence-electron chi connectivity index (χ2n) is 3.92. The number of aromatic nitrogens is 1. The number of phenolic OH excluding ortho intramolecular Hbond substituents is 1. The number of alkyl halides is 1. The Kier molecular flexibility index (Phi) is 4.27. The van der Waals surface area contributed by atoms with Crippen molar-refractivity contribution in [3.8, 4) is 11.5 Å². The van der Waals surface area contributed by atoms with Crippen LogP contribution in [0.2, 0.25) is 0 Å². The van der Waals surface area contributed by atoms with Gasteiger partial charge in [0.15, 0.2) is 0 Å². The highest BCUT2D eigenvalue weighted by Gasteiger charge is 2.23. The smallest absolute Gasteiger partial charge is 0.128 e. The number of phenols is 1. The molecule has 0 aliphatic carbocycles. The number of halogens is 1. The quantitative estimate of drug-likeness (QED) is 0.739. The van der Waals surface area contributed by atoms with Crippen LogP contribution in [-0.2, 0) is 6.61 Å². The van der Waals surface area contributed by atoms with Crippen molar-refractivity contribution in [2.45, 2.75) is 25.8 Å². The number of fused-ring (bicyclic) bond motifs is 2. The Hall–Kier alpha value is -1.74. The number of aromatic hydroxyl groups is 1. The van der Waals surface area contributed by atoms with Crippen LogP contribution in [0.4, 0.5) is 0 Å². The van der Waals surface area contributed by atoms with E-state index in [1.807, 2.05) is 26.0 Å². The van der Waals surface area contributed by atoms with Gasteiger partial charge in [0.25, 0.3) is 0 Å². The molecular formula is C15H16ClNO2. The van der Waals surface area contributed by atoms with E-state index in [0.29, 0.717) is 12.4 Å². The maximum Gasteiger partial charge on any atom is 0.128 e. The summed E-state index contributed by atoms with van der Waals surface area (Å²) in [6.45, 7) is 4.42. The Morgan fingerprint density at radius 2 is 2.11 bits per heavy atom. The Morgan fingerprint density at radius 1 is 1.32 bits per heavy atom. The summed E-state index contributed by atoms with van der Waals surface area (Å²) in [4.78, 5) is 4.31. The summed E-state index contributed by atoms with van der Waals surface area (Å²) in [5.41, 5.74) is 2.63. The van der Waals surface area contributed by atoms with Crippen molar-refractivity contribution in [1.29, 1.82) is 0 Å². The molecule has 0 fully saturated rings. The van der Waals surface area contributed by atoms with Crippen molar-refractivity contribution in [2.24, 2.45) is 0 Å². The highest BCUT2D eigenvalue weighted by atomic mass is 35.5. The van der Waals surface area contributed by atoms with Crippen LogP contribution in [0.15, 0.2) is 36.5 Å². The third kappa shape index (κ3) is 2.66. The molecule has 100 valence electrons. The molecule has 3 rings (SSSR count). The second kappa shape index (κ2) is 5.93. The molecule has 3 nitrogen and oxygen atoms in total. The Balaban J connectivity index is 0.000000637. The normalized spacial score (nSPS) is 16.1. The van der Waals surface area contributed by atoms with E-state index in [1.54, 1.807) is 24.4 Å². The summed E-state index contributed by atoms with van der Waals surface area (Å²) in [5, 5.41) is 9.10. The maximum absolute atomic E-state index is 9.44. The number of ether oxygens (including phenoxy) is 1. The molecule has 2 heterocycles. The fraction of sp³-hybridized carbons (Fsp3) is 0.267. The number of hydrogen-bond donors (Lipinski definition) is 1. The molecule has 0 saturated heterocycles. The number of nitrogens with zero attached hydrogens (tertiary/aromatic N) is 1. The molecule has 0 bridgehead atoms. The Morgan fingerprint density at radius 3 is 2.89 bits per heavy atom. The van der Waals surface area contributed by atoms with Crippen molar-refractivity contribution in [3.05, 3.63) is 53.3 Å². The first-order valence-electron chi connectivity index (χ1n) is 6.29. The lowest BCUT2D eigenvalue weighted by Crippen LogP contribution is -1.99. The van der Waals surface area contributed by atoms with Crippen LogP contribution < -0.4 is 4.74 Å². The van der Waals surface area contributed by atoms with Crippen LogP contribution in [0.5, 0.6) is 11.5 Å². The SMILES string of the molecule is CC.Oc1ccc2c(c1)OCc1cccnc1C2Cl. The van der Waals surface area contributed by atoms with Crippen molar-refractivity contribution in [2.75, 3.05) is 0 Å². The van der Waals surface area contributed by atoms with E-state index in [0.717, 1.165) is 16.8 Å². The first-order chi connectivity index (χ1) is 9.25. The molecular weight excluding hydrogens is 262 g/mol. The average molecular weight is 278 g/mol. The Bertz CT molecular complexity index is 572. The van der Waals surface area contributed by atoms with Crippen molar-refractivity contribution in [3.63, 3.8) is 0 Å². The van der Waals surface area contributed by atoms with Crippen LogP contribution >= 0.6 is 11.6 Å². The zero-order chi connectivity index (χ0) is 13.8. The lowest BCUT2D eigenvalue weighted by Gasteiger charge is -2.10. The molecule has 1 aromatic carbocycles. The van der Waals surface area contributed by atoms with E-state index in [2.05, 4.69) is 4.98 Å². The fourth-order valence-corrected chi connectivity index (χ4v) is 2.34. The fourth-order valence-electron chi connectivity index (χ4n) is 1.96. The predicted octanol–water partition coefficient (Wildman–Crippen LogP) is 4.03. The molecule has 0 amide bonds. The van der Waals surface area contributed by atoms with Gasteiger partial charge in [-0.25, -0.2) is 0 Å².